The fraction of sp³-hybridized carbons (Fsp3) is 0.455. The van der Waals surface area contributed by atoms with Gasteiger partial charge in [-0.2, -0.15) is 0 Å². The van der Waals surface area contributed by atoms with Gasteiger partial charge in [0.2, 0.25) is 0 Å². The normalized spacial score (nSPS) is 20.8. The maximum atomic E-state index is 15.7. The van der Waals surface area contributed by atoms with E-state index in [1.54, 1.807) is 6.07 Å². The maximum Gasteiger partial charge on any atom is 0.573 e. The number of ether oxygens (including phenoxy) is 1. The van der Waals surface area contributed by atoms with Gasteiger partial charge in [0.1, 0.15) is 11.6 Å². The standard InChI is InChI=1S/C33H32F8O/c1-2-18-3-6-21(26(34)16-18)7-4-19-5-13-24-25(15-19)31(37)32(38)29(30(24)36)22-10-8-20(9-11-22)23-12-14-28(27(35)17-23)42-33(39,40)41/h3,6,12,14,16-17,19-20,22H,2,4-5,7-11,13,15H2,1H3. The largest absolute Gasteiger partial charge is 0.573 e. The van der Waals surface area contributed by atoms with Crippen molar-refractivity contribution < 1.29 is 39.9 Å². The molecule has 5 rings (SSSR count). The smallest absolute Gasteiger partial charge is 0.403 e. The van der Waals surface area contributed by atoms with Crippen LogP contribution in [0.3, 0.4) is 0 Å². The van der Waals surface area contributed by atoms with Crippen LogP contribution in [0.2, 0.25) is 0 Å². The predicted octanol–water partition coefficient (Wildman–Crippen LogP) is 10.0. The Bertz CT molecular complexity index is 1440. The molecule has 0 N–H and O–H groups in total. The summed E-state index contributed by atoms with van der Waals surface area (Å²) in [5, 5.41) is 0. The number of halogens is 8. The lowest BCUT2D eigenvalue weighted by molar-refractivity contribution is -0.275. The second kappa shape index (κ2) is 12.3. The fourth-order valence-corrected chi connectivity index (χ4v) is 6.66. The first-order valence-corrected chi connectivity index (χ1v) is 14.5. The predicted molar refractivity (Wildman–Crippen MR) is 143 cm³/mol. The third kappa shape index (κ3) is 6.45. The molecule has 1 saturated carbocycles. The molecule has 1 unspecified atom stereocenters. The molecule has 0 radical (unpaired) electrons. The molecular formula is C33H32F8O. The molecule has 0 aliphatic heterocycles. The second-order valence-electron chi connectivity index (χ2n) is 11.5. The number of fused-ring (bicyclic) bond motifs is 1. The van der Waals surface area contributed by atoms with Crippen LogP contribution in [0.15, 0.2) is 36.4 Å². The molecule has 1 nitrogen and oxygen atoms in total. The zero-order chi connectivity index (χ0) is 30.2. The molecule has 0 heterocycles. The van der Waals surface area contributed by atoms with Crippen molar-refractivity contribution in [1.29, 1.82) is 0 Å². The van der Waals surface area contributed by atoms with E-state index in [0.29, 0.717) is 56.1 Å². The minimum absolute atomic E-state index is 0.0225. The van der Waals surface area contributed by atoms with Crippen LogP contribution in [0.5, 0.6) is 5.75 Å². The van der Waals surface area contributed by atoms with Crippen molar-refractivity contribution in [3.05, 3.63) is 98.9 Å². The number of aryl methyl sites for hydroxylation is 2. The van der Waals surface area contributed by atoms with Gasteiger partial charge in [-0.25, -0.2) is 22.0 Å². The van der Waals surface area contributed by atoms with Crippen LogP contribution in [0.4, 0.5) is 35.1 Å². The molecule has 0 saturated heterocycles. The molecule has 0 spiro atoms. The first-order chi connectivity index (χ1) is 19.9. The third-order valence-corrected chi connectivity index (χ3v) is 8.99. The molecule has 9 heteroatoms. The molecule has 226 valence electrons. The summed E-state index contributed by atoms with van der Waals surface area (Å²) >= 11 is 0. The zero-order valence-electron chi connectivity index (χ0n) is 23.2. The first kappa shape index (κ1) is 30.4. The minimum Gasteiger partial charge on any atom is -0.403 e. The van der Waals surface area contributed by atoms with Gasteiger partial charge >= 0.3 is 6.36 Å². The summed E-state index contributed by atoms with van der Waals surface area (Å²) in [6.45, 7) is 1.95. The third-order valence-electron chi connectivity index (χ3n) is 8.99. The topological polar surface area (TPSA) is 9.23 Å². The zero-order valence-corrected chi connectivity index (χ0v) is 23.2. The van der Waals surface area contributed by atoms with Crippen LogP contribution in [-0.2, 0) is 25.7 Å². The maximum absolute atomic E-state index is 15.7. The van der Waals surface area contributed by atoms with Gasteiger partial charge in [0, 0.05) is 5.56 Å². The van der Waals surface area contributed by atoms with Crippen molar-refractivity contribution in [2.45, 2.75) is 89.3 Å². The average molecular weight is 597 g/mol. The van der Waals surface area contributed by atoms with E-state index < -0.39 is 41.3 Å². The molecule has 0 amide bonds. The van der Waals surface area contributed by atoms with Crippen molar-refractivity contribution in [1.82, 2.24) is 0 Å². The Kier molecular flexibility index (Phi) is 8.86. The van der Waals surface area contributed by atoms with E-state index in [1.807, 2.05) is 13.0 Å². The van der Waals surface area contributed by atoms with Gasteiger partial charge in [-0.15, -0.1) is 13.2 Å². The second-order valence-corrected chi connectivity index (χ2v) is 11.5. The number of alkyl halides is 3. The van der Waals surface area contributed by atoms with Crippen LogP contribution < -0.4 is 4.74 Å². The summed E-state index contributed by atoms with van der Waals surface area (Å²) in [6.07, 6.45) is -0.702. The summed E-state index contributed by atoms with van der Waals surface area (Å²) < 4.78 is 116. The lowest BCUT2D eigenvalue weighted by Gasteiger charge is -2.32. The Morgan fingerprint density at radius 1 is 0.762 bits per heavy atom. The minimum atomic E-state index is -5.01. The highest BCUT2D eigenvalue weighted by Gasteiger charge is 2.35. The molecule has 0 aromatic heterocycles. The van der Waals surface area contributed by atoms with Gasteiger partial charge in [0.05, 0.1) is 0 Å². The van der Waals surface area contributed by atoms with Gasteiger partial charge in [-0.3, -0.25) is 0 Å². The van der Waals surface area contributed by atoms with Gasteiger partial charge in [0.15, 0.2) is 23.2 Å². The van der Waals surface area contributed by atoms with Crippen molar-refractivity contribution in [2.75, 3.05) is 0 Å². The van der Waals surface area contributed by atoms with E-state index in [1.165, 1.54) is 12.1 Å². The van der Waals surface area contributed by atoms with E-state index in [-0.39, 0.29) is 47.2 Å². The quantitative estimate of drug-likeness (QED) is 0.195. The monoisotopic (exact) mass is 596 g/mol. The molecule has 3 aromatic rings. The Morgan fingerprint density at radius 2 is 1.48 bits per heavy atom. The van der Waals surface area contributed by atoms with Gasteiger partial charge < -0.3 is 4.74 Å². The van der Waals surface area contributed by atoms with E-state index in [0.717, 1.165) is 24.1 Å². The highest BCUT2D eigenvalue weighted by Crippen LogP contribution is 2.45. The van der Waals surface area contributed by atoms with Crippen molar-refractivity contribution >= 4 is 0 Å². The molecular weight excluding hydrogens is 564 g/mol. The van der Waals surface area contributed by atoms with Crippen LogP contribution >= 0.6 is 0 Å². The molecule has 2 aliphatic carbocycles. The summed E-state index contributed by atoms with van der Waals surface area (Å²) in [7, 11) is 0. The Morgan fingerprint density at radius 3 is 2.12 bits per heavy atom. The summed E-state index contributed by atoms with van der Waals surface area (Å²) in [5.41, 5.74) is 1.99. The van der Waals surface area contributed by atoms with E-state index in [2.05, 4.69) is 4.74 Å². The van der Waals surface area contributed by atoms with Crippen LogP contribution in [-0.4, -0.2) is 6.36 Å². The van der Waals surface area contributed by atoms with Crippen LogP contribution in [0.25, 0.3) is 0 Å². The Balaban J connectivity index is 1.25. The van der Waals surface area contributed by atoms with E-state index in [9.17, 15) is 22.0 Å². The summed E-state index contributed by atoms with van der Waals surface area (Å²) in [4.78, 5) is 0. The highest BCUT2D eigenvalue weighted by molar-refractivity contribution is 5.41. The fourth-order valence-electron chi connectivity index (χ4n) is 6.66. The van der Waals surface area contributed by atoms with E-state index in [4.69, 9.17) is 0 Å². The van der Waals surface area contributed by atoms with Gasteiger partial charge in [-0.05, 0) is 128 Å². The number of hydrogen-bond donors (Lipinski definition) is 0. The Labute approximate surface area is 239 Å². The average Bonchev–Trinajstić information content (AvgIpc) is 2.96. The van der Waals surface area contributed by atoms with Gasteiger partial charge in [0.25, 0.3) is 0 Å². The number of rotatable bonds is 7. The van der Waals surface area contributed by atoms with Gasteiger partial charge in [-0.1, -0.05) is 25.1 Å². The van der Waals surface area contributed by atoms with Crippen molar-refractivity contribution in [3.8, 4) is 5.75 Å². The molecule has 1 fully saturated rings. The number of hydrogen-bond acceptors (Lipinski definition) is 1. The molecule has 3 aromatic carbocycles. The van der Waals surface area contributed by atoms with Crippen molar-refractivity contribution in [3.63, 3.8) is 0 Å². The van der Waals surface area contributed by atoms with Crippen LogP contribution in [0, 0.1) is 35.0 Å². The molecule has 2 aliphatic rings. The SMILES string of the molecule is CCc1ccc(CCC2CCc3c(F)c(C4CCC(c5ccc(OC(F)(F)F)c(F)c5)CC4)c(F)c(F)c3C2)c(F)c1. The number of benzene rings is 3. The van der Waals surface area contributed by atoms with Crippen molar-refractivity contribution in [2.24, 2.45) is 5.92 Å². The van der Waals surface area contributed by atoms with E-state index >= 15 is 13.2 Å². The Hall–Kier alpha value is -3.10. The lowest BCUT2D eigenvalue weighted by atomic mass is 9.73. The molecule has 0 bridgehead atoms. The summed E-state index contributed by atoms with van der Waals surface area (Å²) in [5.74, 6) is -6.03. The molecule has 1 atom stereocenters. The summed E-state index contributed by atoms with van der Waals surface area (Å²) in [6, 6.07) is 8.45. The highest BCUT2D eigenvalue weighted by atomic mass is 19.4. The van der Waals surface area contributed by atoms with Crippen LogP contribution in [0.1, 0.15) is 90.7 Å². The lowest BCUT2D eigenvalue weighted by Crippen LogP contribution is -2.23. The molecule has 42 heavy (non-hydrogen) atoms. The first-order valence-electron chi connectivity index (χ1n) is 14.5.